The van der Waals surface area contributed by atoms with Crippen molar-refractivity contribution in [2.75, 3.05) is 7.05 Å². The third-order valence-corrected chi connectivity index (χ3v) is 4.27. The van der Waals surface area contributed by atoms with Crippen molar-refractivity contribution in [1.29, 1.82) is 0 Å². The van der Waals surface area contributed by atoms with E-state index < -0.39 is 0 Å². The topological polar surface area (TPSA) is 34.0 Å². The number of hydrogen-bond donors (Lipinski definition) is 0. The first-order valence-corrected chi connectivity index (χ1v) is 8.40. The van der Waals surface area contributed by atoms with E-state index in [4.69, 9.17) is 0 Å². The van der Waals surface area contributed by atoms with Crippen LogP contribution in [-0.2, 0) is 13.1 Å². The van der Waals surface area contributed by atoms with Gasteiger partial charge in [-0.15, -0.1) is 0 Å². The van der Waals surface area contributed by atoms with Gasteiger partial charge in [-0.2, -0.15) is 5.10 Å². The van der Waals surface area contributed by atoms with E-state index in [2.05, 4.69) is 64.6 Å². The van der Waals surface area contributed by atoms with E-state index in [9.17, 15) is 0 Å². The molecule has 0 atom stereocenters. The van der Waals surface area contributed by atoms with Crippen LogP contribution in [0.2, 0.25) is 0 Å². The second-order valence-corrected chi connectivity index (χ2v) is 6.29. The van der Waals surface area contributed by atoms with Crippen LogP contribution in [0.3, 0.4) is 0 Å². The predicted molar refractivity (Wildman–Crippen MR) is 100 cm³/mol. The Labute approximate surface area is 147 Å². The standard InChI is InChI=1S/C21H20N4/c1-24(16-19-8-5-7-18-9-6-12-22-21(18)19)14-17-13-23-25(15-17)20-10-3-2-4-11-20/h2-13,15H,14,16H2,1H3. The molecule has 4 rings (SSSR count). The van der Waals surface area contributed by atoms with Crippen molar-refractivity contribution < 1.29 is 0 Å². The summed E-state index contributed by atoms with van der Waals surface area (Å²) in [5.41, 5.74) is 4.60. The zero-order valence-electron chi connectivity index (χ0n) is 14.2. The number of fused-ring (bicyclic) bond motifs is 1. The van der Waals surface area contributed by atoms with Crippen LogP contribution in [0.1, 0.15) is 11.1 Å². The number of benzene rings is 2. The fourth-order valence-corrected chi connectivity index (χ4v) is 3.12. The van der Waals surface area contributed by atoms with Gasteiger partial charge in [0.05, 0.1) is 17.4 Å². The molecule has 2 aromatic heterocycles. The number of pyridine rings is 1. The molecule has 0 radical (unpaired) electrons. The minimum absolute atomic E-state index is 0.843. The van der Waals surface area contributed by atoms with E-state index in [0.717, 1.165) is 24.3 Å². The number of rotatable bonds is 5. The third kappa shape index (κ3) is 3.44. The first-order valence-electron chi connectivity index (χ1n) is 8.40. The van der Waals surface area contributed by atoms with E-state index in [1.807, 2.05) is 41.3 Å². The second kappa shape index (κ2) is 6.87. The first-order chi connectivity index (χ1) is 12.3. The van der Waals surface area contributed by atoms with Crippen LogP contribution in [0.15, 0.2) is 79.3 Å². The largest absolute Gasteiger partial charge is 0.298 e. The fourth-order valence-electron chi connectivity index (χ4n) is 3.12. The Kier molecular flexibility index (Phi) is 4.27. The quantitative estimate of drug-likeness (QED) is 0.554. The summed E-state index contributed by atoms with van der Waals surface area (Å²) in [6.07, 6.45) is 5.88. The fraction of sp³-hybridized carbons (Fsp3) is 0.143. The van der Waals surface area contributed by atoms with Crippen LogP contribution in [0.25, 0.3) is 16.6 Å². The summed E-state index contributed by atoms with van der Waals surface area (Å²) in [7, 11) is 2.13. The van der Waals surface area contributed by atoms with E-state index in [-0.39, 0.29) is 0 Å². The summed E-state index contributed by atoms with van der Waals surface area (Å²) in [6, 6.07) is 20.6. The van der Waals surface area contributed by atoms with Gasteiger partial charge in [0, 0.05) is 36.4 Å². The SMILES string of the molecule is CN(Cc1cnn(-c2ccccc2)c1)Cc1cccc2cccnc12. The smallest absolute Gasteiger partial charge is 0.0746 e. The molecular weight excluding hydrogens is 308 g/mol. The Bertz CT molecular complexity index is 970. The molecule has 4 nitrogen and oxygen atoms in total. The molecule has 0 aliphatic carbocycles. The number of para-hydroxylation sites is 2. The van der Waals surface area contributed by atoms with Crippen molar-refractivity contribution in [3.05, 3.63) is 90.4 Å². The van der Waals surface area contributed by atoms with Crippen LogP contribution >= 0.6 is 0 Å². The van der Waals surface area contributed by atoms with Gasteiger partial charge in [0.2, 0.25) is 0 Å². The Balaban J connectivity index is 1.49. The normalized spacial score (nSPS) is 11.3. The van der Waals surface area contributed by atoms with Crippen LogP contribution in [0, 0.1) is 0 Å². The molecule has 0 fully saturated rings. The molecule has 124 valence electrons. The molecule has 0 saturated heterocycles. The highest BCUT2D eigenvalue weighted by atomic mass is 15.3. The molecule has 0 aliphatic rings. The van der Waals surface area contributed by atoms with Gasteiger partial charge >= 0.3 is 0 Å². The van der Waals surface area contributed by atoms with Gasteiger partial charge in [-0.3, -0.25) is 9.88 Å². The number of hydrogen-bond acceptors (Lipinski definition) is 3. The average molecular weight is 328 g/mol. The van der Waals surface area contributed by atoms with Gasteiger partial charge in [-0.1, -0.05) is 42.5 Å². The molecule has 25 heavy (non-hydrogen) atoms. The zero-order valence-corrected chi connectivity index (χ0v) is 14.2. The third-order valence-electron chi connectivity index (χ3n) is 4.27. The summed E-state index contributed by atoms with van der Waals surface area (Å²) < 4.78 is 1.92. The molecule has 0 bridgehead atoms. The van der Waals surface area contributed by atoms with E-state index in [1.165, 1.54) is 16.5 Å². The summed E-state index contributed by atoms with van der Waals surface area (Å²) in [4.78, 5) is 6.83. The van der Waals surface area contributed by atoms with Gasteiger partial charge in [0.25, 0.3) is 0 Å². The molecule has 0 saturated carbocycles. The van der Waals surface area contributed by atoms with E-state index in [0.29, 0.717) is 0 Å². The zero-order chi connectivity index (χ0) is 17.1. The lowest BCUT2D eigenvalue weighted by molar-refractivity contribution is 0.320. The number of nitrogens with zero attached hydrogens (tertiary/aromatic N) is 4. The van der Waals surface area contributed by atoms with Gasteiger partial charge in [-0.05, 0) is 30.8 Å². The number of aromatic nitrogens is 3. The Morgan fingerprint density at radius 1 is 0.920 bits per heavy atom. The molecule has 4 heteroatoms. The minimum Gasteiger partial charge on any atom is -0.298 e. The van der Waals surface area contributed by atoms with Gasteiger partial charge in [-0.25, -0.2) is 4.68 Å². The molecule has 0 unspecified atom stereocenters. The molecule has 0 spiro atoms. The highest BCUT2D eigenvalue weighted by Crippen LogP contribution is 2.18. The van der Waals surface area contributed by atoms with Crippen molar-refractivity contribution in [3.63, 3.8) is 0 Å². The monoisotopic (exact) mass is 328 g/mol. The van der Waals surface area contributed by atoms with E-state index in [1.54, 1.807) is 0 Å². The molecule has 4 aromatic rings. The lowest BCUT2D eigenvalue weighted by atomic mass is 10.1. The molecular formula is C21H20N4. The van der Waals surface area contributed by atoms with Crippen LogP contribution < -0.4 is 0 Å². The van der Waals surface area contributed by atoms with Crippen molar-refractivity contribution in [3.8, 4) is 5.69 Å². The van der Waals surface area contributed by atoms with Crippen LogP contribution in [0.5, 0.6) is 0 Å². The lowest BCUT2D eigenvalue weighted by Crippen LogP contribution is -2.17. The summed E-state index contributed by atoms with van der Waals surface area (Å²) in [5, 5.41) is 5.66. The maximum atomic E-state index is 4.54. The van der Waals surface area contributed by atoms with Crippen molar-refractivity contribution >= 4 is 10.9 Å². The highest BCUT2D eigenvalue weighted by molar-refractivity contribution is 5.81. The first kappa shape index (κ1) is 15.5. The van der Waals surface area contributed by atoms with Crippen LogP contribution in [-0.4, -0.2) is 26.7 Å². The summed E-state index contributed by atoms with van der Waals surface area (Å²) in [6.45, 7) is 1.70. The van der Waals surface area contributed by atoms with E-state index >= 15 is 0 Å². The van der Waals surface area contributed by atoms with Gasteiger partial charge in [0.1, 0.15) is 0 Å². The van der Waals surface area contributed by atoms with Crippen LogP contribution in [0.4, 0.5) is 0 Å². The molecule has 0 aliphatic heterocycles. The second-order valence-electron chi connectivity index (χ2n) is 6.29. The minimum atomic E-state index is 0.843. The lowest BCUT2D eigenvalue weighted by Gasteiger charge is -2.16. The predicted octanol–water partition coefficient (Wildman–Crippen LogP) is 4.05. The molecule has 0 N–H and O–H groups in total. The highest BCUT2D eigenvalue weighted by Gasteiger charge is 2.08. The Hall–Kier alpha value is -2.98. The van der Waals surface area contributed by atoms with Crippen molar-refractivity contribution in [2.24, 2.45) is 0 Å². The summed E-state index contributed by atoms with van der Waals surface area (Å²) >= 11 is 0. The van der Waals surface area contributed by atoms with Crippen molar-refractivity contribution in [1.82, 2.24) is 19.7 Å². The molecule has 2 aromatic carbocycles. The van der Waals surface area contributed by atoms with Gasteiger partial charge < -0.3 is 0 Å². The van der Waals surface area contributed by atoms with Crippen molar-refractivity contribution in [2.45, 2.75) is 13.1 Å². The Morgan fingerprint density at radius 2 is 1.76 bits per heavy atom. The Morgan fingerprint density at radius 3 is 2.64 bits per heavy atom. The molecule has 0 amide bonds. The molecule has 2 heterocycles. The van der Waals surface area contributed by atoms with Gasteiger partial charge in [0.15, 0.2) is 0 Å². The maximum Gasteiger partial charge on any atom is 0.0746 e. The maximum absolute atomic E-state index is 4.54. The summed E-state index contributed by atoms with van der Waals surface area (Å²) in [5.74, 6) is 0. The average Bonchev–Trinajstić information content (AvgIpc) is 3.11.